The van der Waals surface area contributed by atoms with Gasteiger partial charge < -0.3 is 0 Å². The molecule has 0 bridgehead atoms. The molecule has 2 aromatic rings. The maximum atomic E-state index is 14.2. The van der Waals surface area contributed by atoms with E-state index < -0.39 is 23.4 Å². The van der Waals surface area contributed by atoms with Gasteiger partial charge in [-0.1, -0.05) is 11.6 Å². The van der Waals surface area contributed by atoms with Crippen LogP contribution in [0.4, 0.5) is 13.2 Å². The molecule has 0 aliphatic heterocycles. The highest BCUT2D eigenvalue weighted by molar-refractivity contribution is 6.32. The SMILES string of the molecule is CC(=O)C(Cl)Cc1cc(-n2nc(C)n(C(F)F)c2=O)c(F)cc1Cl. The molecule has 0 spiro atoms. The predicted molar refractivity (Wildman–Crippen MR) is 82.8 cm³/mol. The smallest absolute Gasteiger partial charge is 0.298 e. The fourth-order valence-electron chi connectivity index (χ4n) is 2.09. The molecular formula is C14H12Cl2F3N3O2. The second kappa shape index (κ2) is 6.98. The molecule has 1 atom stereocenters. The first-order chi connectivity index (χ1) is 11.1. The molecule has 1 aromatic heterocycles. The van der Waals surface area contributed by atoms with Crippen molar-refractivity contribution in [3.8, 4) is 5.69 Å². The van der Waals surface area contributed by atoms with Crippen LogP contribution in [0.5, 0.6) is 0 Å². The Hall–Kier alpha value is -1.80. The molecule has 5 nitrogen and oxygen atoms in total. The molecule has 0 amide bonds. The predicted octanol–water partition coefficient (Wildman–Crippen LogP) is 3.27. The molecule has 0 saturated carbocycles. The number of aryl methyl sites for hydroxylation is 1. The van der Waals surface area contributed by atoms with Crippen LogP contribution in [0.15, 0.2) is 16.9 Å². The summed E-state index contributed by atoms with van der Waals surface area (Å²) in [6, 6.07) is 2.08. The zero-order valence-corrected chi connectivity index (χ0v) is 14.1. The number of benzene rings is 1. The fourth-order valence-corrected chi connectivity index (χ4v) is 2.49. The molecular weight excluding hydrogens is 370 g/mol. The Bertz CT molecular complexity index is 849. The molecule has 0 N–H and O–H groups in total. The van der Waals surface area contributed by atoms with Gasteiger partial charge in [0.25, 0.3) is 0 Å². The molecule has 0 saturated heterocycles. The zero-order valence-electron chi connectivity index (χ0n) is 12.6. The second-order valence-corrected chi connectivity index (χ2v) is 6.00. The zero-order chi connectivity index (χ0) is 18.2. The van der Waals surface area contributed by atoms with Crippen molar-refractivity contribution in [3.05, 3.63) is 44.8 Å². The Morgan fingerprint density at radius 1 is 1.38 bits per heavy atom. The van der Waals surface area contributed by atoms with E-state index in [1.165, 1.54) is 19.9 Å². The summed E-state index contributed by atoms with van der Waals surface area (Å²) in [6.07, 6.45) is -0.00765. The lowest BCUT2D eigenvalue weighted by Gasteiger charge is -2.10. The average molecular weight is 382 g/mol. The minimum Gasteiger partial charge on any atom is -0.298 e. The first-order valence-electron chi connectivity index (χ1n) is 6.72. The molecule has 2 rings (SSSR count). The monoisotopic (exact) mass is 381 g/mol. The van der Waals surface area contributed by atoms with E-state index in [-0.39, 0.29) is 33.3 Å². The summed E-state index contributed by atoms with van der Waals surface area (Å²) in [5.41, 5.74) is -1.25. The average Bonchev–Trinajstić information content (AvgIpc) is 2.76. The standard InChI is InChI=1S/C14H12Cl2F3N3O2/c1-6(23)9(15)3-8-4-12(11(17)5-10(8)16)22-14(24)21(13(18)19)7(2)20-22/h4-5,9,13H,3H2,1-2H3. The van der Waals surface area contributed by atoms with Crippen LogP contribution >= 0.6 is 23.2 Å². The summed E-state index contributed by atoms with van der Waals surface area (Å²) in [7, 11) is 0. The van der Waals surface area contributed by atoms with Crippen molar-refractivity contribution >= 4 is 29.0 Å². The van der Waals surface area contributed by atoms with E-state index in [9.17, 15) is 22.8 Å². The first kappa shape index (κ1) is 18.5. The summed E-state index contributed by atoms with van der Waals surface area (Å²) in [4.78, 5) is 23.3. The van der Waals surface area contributed by atoms with Crippen molar-refractivity contribution in [2.45, 2.75) is 32.2 Å². The van der Waals surface area contributed by atoms with Crippen LogP contribution in [0.25, 0.3) is 5.69 Å². The van der Waals surface area contributed by atoms with Crippen molar-refractivity contribution in [1.82, 2.24) is 14.3 Å². The van der Waals surface area contributed by atoms with Crippen molar-refractivity contribution < 1.29 is 18.0 Å². The van der Waals surface area contributed by atoms with Gasteiger partial charge >= 0.3 is 12.2 Å². The lowest BCUT2D eigenvalue weighted by molar-refractivity contribution is -0.116. The highest BCUT2D eigenvalue weighted by Crippen LogP contribution is 2.25. The maximum Gasteiger partial charge on any atom is 0.355 e. The number of hydrogen-bond acceptors (Lipinski definition) is 3. The van der Waals surface area contributed by atoms with E-state index in [0.29, 0.717) is 10.2 Å². The maximum absolute atomic E-state index is 14.2. The lowest BCUT2D eigenvalue weighted by atomic mass is 10.1. The van der Waals surface area contributed by atoms with Crippen LogP contribution < -0.4 is 5.69 Å². The van der Waals surface area contributed by atoms with Gasteiger partial charge in [0.1, 0.15) is 17.3 Å². The molecule has 1 aromatic carbocycles. The number of ketones is 1. The number of rotatable bonds is 5. The van der Waals surface area contributed by atoms with E-state index in [2.05, 4.69) is 5.10 Å². The summed E-state index contributed by atoms with van der Waals surface area (Å²) < 4.78 is 40.5. The molecule has 1 unspecified atom stereocenters. The fraction of sp³-hybridized carbons (Fsp3) is 0.357. The number of hydrogen-bond donors (Lipinski definition) is 0. The van der Waals surface area contributed by atoms with Crippen LogP contribution in [-0.2, 0) is 11.2 Å². The normalized spacial score (nSPS) is 12.7. The number of alkyl halides is 3. The van der Waals surface area contributed by atoms with Crippen LogP contribution in [0.2, 0.25) is 5.02 Å². The third-order valence-corrected chi connectivity index (χ3v) is 4.17. The first-order valence-corrected chi connectivity index (χ1v) is 7.54. The second-order valence-electron chi connectivity index (χ2n) is 5.07. The Labute approximate surface area is 144 Å². The van der Waals surface area contributed by atoms with Crippen LogP contribution in [0.3, 0.4) is 0 Å². The number of nitrogens with zero attached hydrogens (tertiary/aromatic N) is 3. The van der Waals surface area contributed by atoms with Gasteiger partial charge in [-0.25, -0.2) is 13.8 Å². The van der Waals surface area contributed by atoms with E-state index in [4.69, 9.17) is 23.2 Å². The minimum atomic E-state index is -3.11. The molecule has 0 fully saturated rings. The van der Waals surface area contributed by atoms with E-state index in [0.717, 1.165) is 6.07 Å². The summed E-state index contributed by atoms with van der Waals surface area (Å²) >= 11 is 11.8. The van der Waals surface area contributed by atoms with Crippen LogP contribution in [-0.4, -0.2) is 25.5 Å². The summed E-state index contributed by atoms with van der Waals surface area (Å²) in [6.45, 7) is -0.622. The number of carbonyl (C=O) groups is 1. The third kappa shape index (κ3) is 3.49. The van der Waals surface area contributed by atoms with Crippen LogP contribution in [0, 0.1) is 12.7 Å². The number of carbonyl (C=O) groups excluding carboxylic acids is 1. The molecule has 0 radical (unpaired) electrons. The largest absolute Gasteiger partial charge is 0.355 e. The highest BCUT2D eigenvalue weighted by atomic mass is 35.5. The van der Waals surface area contributed by atoms with E-state index >= 15 is 0 Å². The van der Waals surface area contributed by atoms with Gasteiger partial charge in [0.15, 0.2) is 5.82 Å². The Kier molecular flexibility index (Phi) is 5.39. The number of aromatic nitrogens is 3. The third-order valence-electron chi connectivity index (χ3n) is 3.36. The van der Waals surface area contributed by atoms with Gasteiger partial charge in [0.2, 0.25) is 0 Å². The Balaban J connectivity index is 2.58. The molecule has 24 heavy (non-hydrogen) atoms. The number of Topliss-reactive ketones (excluding diaryl/α,β-unsaturated/α-hetero) is 1. The quantitative estimate of drug-likeness (QED) is 0.746. The van der Waals surface area contributed by atoms with Gasteiger partial charge in [0, 0.05) is 5.02 Å². The summed E-state index contributed by atoms with van der Waals surface area (Å²) in [5.74, 6) is -1.50. The molecule has 130 valence electrons. The van der Waals surface area contributed by atoms with Crippen molar-refractivity contribution in [2.75, 3.05) is 0 Å². The Morgan fingerprint density at radius 2 is 2.00 bits per heavy atom. The van der Waals surface area contributed by atoms with Gasteiger partial charge in [-0.15, -0.1) is 16.7 Å². The highest BCUT2D eigenvalue weighted by Gasteiger charge is 2.22. The Morgan fingerprint density at radius 3 is 2.50 bits per heavy atom. The molecule has 0 aliphatic rings. The summed E-state index contributed by atoms with van der Waals surface area (Å²) in [5, 5.41) is 2.76. The van der Waals surface area contributed by atoms with E-state index in [1.54, 1.807) is 0 Å². The van der Waals surface area contributed by atoms with Gasteiger partial charge in [-0.2, -0.15) is 13.5 Å². The number of halogens is 5. The van der Waals surface area contributed by atoms with Crippen molar-refractivity contribution in [3.63, 3.8) is 0 Å². The van der Waals surface area contributed by atoms with E-state index in [1.807, 2.05) is 0 Å². The lowest BCUT2D eigenvalue weighted by Crippen LogP contribution is -2.25. The molecule has 0 aliphatic carbocycles. The topological polar surface area (TPSA) is 56.9 Å². The van der Waals surface area contributed by atoms with Crippen molar-refractivity contribution in [2.24, 2.45) is 0 Å². The molecule has 10 heteroatoms. The molecule has 1 heterocycles. The minimum absolute atomic E-state index is 0.00112. The van der Waals surface area contributed by atoms with Crippen molar-refractivity contribution in [1.29, 1.82) is 0 Å². The van der Waals surface area contributed by atoms with Gasteiger partial charge in [0.05, 0.1) is 5.38 Å². The van der Waals surface area contributed by atoms with Crippen LogP contribution in [0.1, 0.15) is 24.9 Å². The van der Waals surface area contributed by atoms with Gasteiger partial charge in [-0.3, -0.25) is 4.79 Å². The van der Waals surface area contributed by atoms with Gasteiger partial charge in [-0.05, 0) is 38.0 Å².